The lowest BCUT2D eigenvalue weighted by atomic mass is 9.62. The average Bonchev–Trinajstić information content (AvgIpc) is 3.63. The molecule has 0 N–H and O–H groups in total. The van der Waals surface area contributed by atoms with Gasteiger partial charge < -0.3 is 9.16 Å². The summed E-state index contributed by atoms with van der Waals surface area (Å²) in [5, 5.41) is -0.108. The van der Waals surface area contributed by atoms with Crippen LogP contribution in [0.4, 0.5) is 11.4 Å². The molecule has 8 nitrogen and oxygen atoms in total. The van der Waals surface area contributed by atoms with Crippen LogP contribution in [0.5, 0.6) is 0 Å². The first-order valence-corrected chi connectivity index (χ1v) is 17.3. The average molecular weight is 571 g/mol. The molecule has 2 bridgehead atoms. The minimum absolute atomic E-state index is 0.108. The van der Waals surface area contributed by atoms with E-state index in [9.17, 15) is 19.2 Å². The Labute approximate surface area is 240 Å². The fourth-order valence-corrected chi connectivity index (χ4v) is 8.43. The second-order valence-corrected chi connectivity index (χ2v) is 18.1. The van der Waals surface area contributed by atoms with Crippen molar-refractivity contribution in [3.8, 4) is 0 Å². The molecule has 0 spiro atoms. The summed E-state index contributed by atoms with van der Waals surface area (Å²) < 4.78 is 13.4. The Kier molecular flexibility index (Phi) is 5.60. The van der Waals surface area contributed by atoms with Gasteiger partial charge in [-0.1, -0.05) is 57.2 Å². The van der Waals surface area contributed by atoms with Crippen LogP contribution in [0.3, 0.4) is 0 Å². The van der Waals surface area contributed by atoms with E-state index in [1.54, 1.807) is 48.5 Å². The van der Waals surface area contributed by atoms with Crippen molar-refractivity contribution in [1.82, 2.24) is 0 Å². The third-order valence-corrected chi connectivity index (χ3v) is 14.6. The van der Waals surface area contributed by atoms with Crippen LogP contribution in [-0.2, 0) is 28.3 Å². The summed E-state index contributed by atoms with van der Waals surface area (Å²) >= 11 is 0. The van der Waals surface area contributed by atoms with Crippen LogP contribution >= 0.6 is 0 Å². The van der Waals surface area contributed by atoms with Gasteiger partial charge in [0.2, 0.25) is 31.9 Å². The molecule has 2 aromatic rings. The van der Waals surface area contributed by atoms with Gasteiger partial charge in [-0.2, -0.15) is 0 Å². The summed E-state index contributed by atoms with van der Waals surface area (Å²) in [4.78, 5) is 58.2. The zero-order valence-corrected chi connectivity index (χ0v) is 24.9. The topological polar surface area (TPSA) is 93.2 Å². The lowest BCUT2D eigenvalue weighted by Gasteiger charge is -2.43. The summed E-state index contributed by atoms with van der Waals surface area (Å²) in [6, 6.07) is 17.9. The van der Waals surface area contributed by atoms with Gasteiger partial charge in [0, 0.05) is 17.9 Å². The quantitative estimate of drug-likeness (QED) is 0.392. The van der Waals surface area contributed by atoms with Gasteiger partial charge in [0.25, 0.3) is 0 Å². The standard InChI is InChI=1S/C32H34N2O6Si/c1-32(2,3)41(4,5)40-20-16-19-21(29(36)33(28(19)35)17-12-8-6-9-13-17)23-22(20)26-24-25(27(23)39-26)31(38)34(30(24)37)18-14-10-7-11-15-18/h6-15,19,21,23-27H,16H2,1-5H3/t19-,21-,23-,24-,25+,26+,27-/m0/s1. The molecule has 0 saturated carbocycles. The first kappa shape index (κ1) is 26.3. The molecule has 0 aromatic heterocycles. The molecular weight excluding hydrogens is 536 g/mol. The number of carbonyl (C=O) groups excluding carboxylic acids is 4. The van der Waals surface area contributed by atoms with Gasteiger partial charge in [-0.15, -0.1) is 0 Å². The highest BCUT2D eigenvalue weighted by Crippen LogP contribution is 2.62. The van der Waals surface area contributed by atoms with Crippen molar-refractivity contribution >= 4 is 43.3 Å². The maximum Gasteiger partial charge on any atom is 0.250 e. The van der Waals surface area contributed by atoms with E-state index in [1.807, 2.05) is 12.1 Å². The molecule has 0 unspecified atom stereocenters. The van der Waals surface area contributed by atoms with Gasteiger partial charge in [0.05, 0.1) is 53.0 Å². The van der Waals surface area contributed by atoms with Crippen molar-refractivity contribution in [2.45, 2.75) is 57.5 Å². The molecule has 7 atom stereocenters. The smallest absolute Gasteiger partial charge is 0.250 e. The molecule has 0 radical (unpaired) electrons. The summed E-state index contributed by atoms with van der Waals surface area (Å²) in [5.41, 5.74) is 1.88. The highest BCUT2D eigenvalue weighted by molar-refractivity contribution is 6.74. The molecule has 1 aliphatic carbocycles. The molecule has 7 rings (SSSR count). The van der Waals surface area contributed by atoms with Crippen molar-refractivity contribution in [2.75, 3.05) is 9.80 Å². The van der Waals surface area contributed by atoms with E-state index < -0.39 is 50.1 Å². The second kappa shape index (κ2) is 8.72. The highest BCUT2D eigenvalue weighted by atomic mass is 28.4. The van der Waals surface area contributed by atoms with E-state index >= 15 is 0 Å². The monoisotopic (exact) mass is 570 g/mol. The Morgan fingerprint density at radius 3 is 1.80 bits per heavy atom. The van der Waals surface area contributed by atoms with Crippen LogP contribution in [0.1, 0.15) is 27.2 Å². The molecule has 4 amide bonds. The van der Waals surface area contributed by atoms with Crippen molar-refractivity contribution in [3.05, 3.63) is 72.0 Å². The van der Waals surface area contributed by atoms with Crippen molar-refractivity contribution in [2.24, 2.45) is 29.6 Å². The Balaban J connectivity index is 1.34. The molecular formula is C32H34N2O6Si. The molecule has 41 heavy (non-hydrogen) atoms. The lowest BCUT2D eigenvalue weighted by Crippen LogP contribution is -2.48. The summed E-state index contributed by atoms with van der Waals surface area (Å²) in [6.45, 7) is 10.8. The minimum Gasteiger partial charge on any atom is -0.546 e. The number of hydrogen-bond donors (Lipinski definition) is 0. The number of amides is 4. The van der Waals surface area contributed by atoms with Gasteiger partial charge >= 0.3 is 0 Å². The first-order valence-electron chi connectivity index (χ1n) is 14.4. The summed E-state index contributed by atoms with van der Waals surface area (Å²) in [5.74, 6) is -3.59. The number of nitrogens with zero attached hydrogens (tertiary/aromatic N) is 2. The third-order valence-electron chi connectivity index (χ3n) is 10.2. The van der Waals surface area contributed by atoms with Crippen molar-refractivity contribution < 1.29 is 28.3 Å². The third kappa shape index (κ3) is 3.54. The maximum absolute atomic E-state index is 14.1. The van der Waals surface area contributed by atoms with Gasteiger partial charge in [0.15, 0.2) is 0 Å². The number of rotatable bonds is 4. The number of benzene rings is 2. The van der Waals surface area contributed by atoms with Crippen LogP contribution in [0.15, 0.2) is 72.0 Å². The van der Waals surface area contributed by atoms with E-state index in [2.05, 4.69) is 33.9 Å². The number of para-hydroxylation sites is 2. The number of carbonyl (C=O) groups is 4. The van der Waals surface area contributed by atoms with Gasteiger partial charge in [-0.25, -0.2) is 4.90 Å². The SMILES string of the molecule is CC(C)(C)[Si](C)(C)OC1=C2[C@@H]([C@@H]3O[C@H]2[C@H]2C(=O)N(c4ccccc4)C(=O)[C@@H]32)[C@H]2C(=O)N(c3ccccc3)C(=O)[C@H]2C1. The Morgan fingerprint density at radius 1 is 0.732 bits per heavy atom. The van der Waals surface area contributed by atoms with E-state index in [0.717, 1.165) is 5.57 Å². The van der Waals surface area contributed by atoms with Crippen LogP contribution in [-0.4, -0.2) is 44.2 Å². The van der Waals surface area contributed by atoms with Crippen LogP contribution in [0, 0.1) is 29.6 Å². The molecule has 9 heteroatoms. The zero-order valence-electron chi connectivity index (χ0n) is 23.9. The number of anilines is 2. The summed E-state index contributed by atoms with van der Waals surface area (Å²) in [6.07, 6.45) is -1.05. The molecule has 4 heterocycles. The van der Waals surface area contributed by atoms with E-state index in [4.69, 9.17) is 9.16 Å². The minimum atomic E-state index is -2.36. The number of allylic oxidation sites excluding steroid dienone is 1. The fourth-order valence-electron chi connectivity index (χ4n) is 7.31. The predicted octanol–water partition coefficient (Wildman–Crippen LogP) is 4.67. The van der Waals surface area contributed by atoms with Crippen molar-refractivity contribution in [1.29, 1.82) is 0 Å². The zero-order chi connectivity index (χ0) is 29.0. The Hall–Kier alpha value is -3.56. The number of imide groups is 2. The predicted molar refractivity (Wildman–Crippen MR) is 154 cm³/mol. The number of hydrogen-bond acceptors (Lipinski definition) is 6. The van der Waals surface area contributed by atoms with Crippen molar-refractivity contribution in [3.63, 3.8) is 0 Å². The normalized spacial score (nSPS) is 32.6. The molecule has 5 aliphatic rings. The van der Waals surface area contributed by atoms with Crippen LogP contribution in [0.25, 0.3) is 0 Å². The van der Waals surface area contributed by atoms with Gasteiger partial charge in [-0.05, 0) is 42.4 Å². The lowest BCUT2D eigenvalue weighted by molar-refractivity contribution is -0.128. The largest absolute Gasteiger partial charge is 0.546 e. The number of fused-ring (bicyclic) bond motifs is 10. The van der Waals surface area contributed by atoms with E-state index in [-0.39, 0.29) is 35.1 Å². The summed E-state index contributed by atoms with van der Waals surface area (Å²) in [7, 11) is -2.36. The second-order valence-electron chi connectivity index (χ2n) is 13.4. The molecule has 2 aromatic carbocycles. The van der Waals surface area contributed by atoms with Gasteiger partial charge in [0.1, 0.15) is 0 Å². The highest BCUT2D eigenvalue weighted by Gasteiger charge is 2.72. The van der Waals surface area contributed by atoms with Crippen LogP contribution in [0.2, 0.25) is 18.1 Å². The maximum atomic E-state index is 14.1. The molecule has 4 saturated heterocycles. The molecule has 212 valence electrons. The van der Waals surface area contributed by atoms with Crippen LogP contribution < -0.4 is 9.80 Å². The first-order chi connectivity index (χ1) is 19.4. The van der Waals surface area contributed by atoms with E-state index in [1.165, 1.54) is 9.80 Å². The fraction of sp³-hybridized carbons (Fsp3) is 0.438. The number of ether oxygens (including phenoxy) is 1. The Bertz CT molecular complexity index is 1510. The van der Waals surface area contributed by atoms with E-state index in [0.29, 0.717) is 17.1 Å². The Morgan fingerprint density at radius 2 is 1.24 bits per heavy atom. The molecule has 4 aliphatic heterocycles. The molecule has 4 fully saturated rings. The van der Waals surface area contributed by atoms with Gasteiger partial charge in [-0.3, -0.25) is 24.1 Å².